The molecule has 1 fully saturated rings. The lowest BCUT2D eigenvalue weighted by Crippen LogP contribution is -2.55. The van der Waals surface area contributed by atoms with Crippen LogP contribution in [0.15, 0.2) is 24.3 Å². The third-order valence-corrected chi connectivity index (χ3v) is 3.79. The summed E-state index contributed by atoms with van der Waals surface area (Å²) in [7, 11) is 0. The van der Waals surface area contributed by atoms with Crippen LogP contribution in [0.5, 0.6) is 0 Å². The van der Waals surface area contributed by atoms with Crippen LogP contribution in [0.4, 0.5) is 0 Å². The van der Waals surface area contributed by atoms with E-state index in [0.29, 0.717) is 25.4 Å². The maximum Gasteiger partial charge on any atom is 0.227 e. The maximum atomic E-state index is 12.5. The summed E-state index contributed by atoms with van der Waals surface area (Å²) in [5, 5.41) is 0. The van der Waals surface area contributed by atoms with Gasteiger partial charge < -0.3 is 9.64 Å². The highest BCUT2D eigenvalue weighted by Gasteiger charge is 2.35. The minimum absolute atomic E-state index is 0.0816. The molecule has 1 atom stereocenters. The maximum absolute atomic E-state index is 12.5. The van der Waals surface area contributed by atoms with Crippen molar-refractivity contribution < 1.29 is 9.53 Å². The summed E-state index contributed by atoms with van der Waals surface area (Å²) in [5.74, 6) is 0.555. The molecule has 1 heterocycles. The van der Waals surface area contributed by atoms with Crippen LogP contribution in [0.1, 0.15) is 25.0 Å². The van der Waals surface area contributed by atoms with Crippen LogP contribution in [0.3, 0.4) is 0 Å². The average molecular weight is 296 g/mol. The summed E-state index contributed by atoms with van der Waals surface area (Å²) in [6.45, 7) is 7.23. The molecule has 0 N–H and O–H groups in total. The van der Waals surface area contributed by atoms with Crippen molar-refractivity contribution in [2.75, 3.05) is 19.0 Å². The molecule has 0 aliphatic carbocycles. The number of carbonyl (C=O) groups excluding carboxylic acids is 1. The van der Waals surface area contributed by atoms with E-state index in [1.54, 1.807) is 0 Å². The molecule has 3 nitrogen and oxygen atoms in total. The number of ether oxygens (including phenoxy) is 1. The van der Waals surface area contributed by atoms with Crippen molar-refractivity contribution in [3.63, 3.8) is 0 Å². The number of hydrogen-bond donors (Lipinski definition) is 0. The molecule has 1 amide bonds. The van der Waals surface area contributed by atoms with Gasteiger partial charge in [0.15, 0.2) is 0 Å². The second-order valence-electron chi connectivity index (χ2n) is 6.09. The van der Waals surface area contributed by atoms with Gasteiger partial charge in [0.2, 0.25) is 5.91 Å². The van der Waals surface area contributed by atoms with Gasteiger partial charge in [-0.15, -0.1) is 11.6 Å². The van der Waals surface area contributed by atoms with E-state index in [1.165, 1.54) is 5.56 Å². The van der Waals surface area contributed by atoms with Gasteiger partial charge in [-0.1, -0.05) is 29.8 Å². The Labute approximate surface area is 125 Å². The minimum Gasteiger partial charge on any atom is -0.367 e. The van der Waals surface area contributed by atoms with Gasteiger partial charge in [-0.25, -0.2) is 0 Å². The largest absolute Gasteiger partial charge is 0.367 e. The molecule has 1 aliphatic rings. The highest BCUT2D eigenvalue weighted by atomic mass is 35.5. The molecular weight excluding hydrogens is 274 g/mol. The number of hydrogen-bond acceptors (Lipinski definition) is 2. The first kappa shape index (κ1) is 15.3. The number of amides is 1. The molecule has 1 unspecified atom stereocenters. The van der Waals surface area contributed by atoms with Crippen LogP contribution >= 0.6 is 11.6 Å². The average Bonchev–Trinajstić information content (AvgIpc) is 2.36. The van der Waals surface area contributed by atoms with Crippen LogP contribution in [0, 0.1) is 6.92 Å². The molecule has 1 aliphatic heterocycles. The SMILES string of the molecule is Cc1cccc(CC(=O)N2CC(CCl)OC(C)(C)C2)c1. The Balaban J connectivity index is 2.04. The Morgan fingerprint density at radius 2 is 2.25 bits per heavy atom. The molecule has 0 aromatic heterocycles. The third kappa shape index (κ3) is 3.97. The van der Waals surface area contributed by atoms with E-state index < -0.39 is 0 Å². The first-order valence-corrected chi connectivity index (χ1v) is 7.50. The minimum atomic E-state index is -0.333. The molecular formula is C16H22ClNO2. The fraction of sp³-hybridized carbons (Fsp3) is 0.562. The van der Waals surface area contributed by atoms with Crippen LogP contribution in [0.2, 0.25) is 0 Å². The Hall–Kier alpha value is -1.06. The van der Waals surface area contributed by atoms with Crippen LogP contribution in [0.25, 0.3) is 0 Å². The fourth-order valence-corrected chi connectivity index (χ4v) is 2.84. The van der Waals surface area contributed by atoms with Crippen LogP contribution in [-0.4, -0.2) is 41.5 Å². The summed E-state index contributed by atoms with van der Waals surface area (Å²) >= 11 is 5.90. The highest BCUT2D eigenvalue weighted by Crippen LogP contribution is 2.22. The van der Waals surface area contributed by atoms with Gasteiger partial charge in [-0.05, 0) is 26.3 Å². The van der Waals surface area contributed by atoms with Crippen molar-refractivity contribution in [1.82, 2.24) is 4.90 Å². The van der Waals surface area contributed by atoms with Gasteiger partial charge in [0.25, 0.3) is 0 Å². The highest BCUT2D eigenvalue weighted by molar-refractivity contribution is 6.18. The zero-order valence-electron chi connectivity index (χ0n) is 12.4. The number of aryl methyl sites for hydroxylation is 1. The molecule has 0 bridgehead atoms. The van der Waals surface area contributed by atoms with E-state index in [1.807, 2.05) is 43.9 Å². The fourth-order valence-electron chi connectivity index (χ4n) is 2.67. The first-order chi connectivity index (χ1) is 9.39. The lowest BCUT2D eigenvalue weighted by atomic mass is 10.0. The van der Waals surface area contributed by atoms with Crippen molar-refractivity contribution >= 4 is 17.5 Å². The number of halogens is 1. The second-order valence-corrected chi connectivity index (χ2v) is 6.40. The van der Waals surface area contributed by atoms with Crippen molar-refractivity contribution in [3.8, 4) is 0 Å². The lowest BCUT2D eigenvalue weighted by molar-refractivity contribution is -0.156. The zero-order valence-corrected chi connectivity index (χ0v) is 13.1. The quantitative estimate of drug-likeness (QED) is 0.803. The van der Waals surface area contributed by atoms with Gasteiger partial charge in [0, 0.05) is 13.1 Å². The van der Waals surface area contributed by atoms with Crippen LogP contribution in [-0.2, 0) is 16.0 Å². The molecule has 0 radical (unpaired) electrons. The molecule has 2 rings (SSSR count). The smallest absolute Gasteiger partial charge is 0.227 e. The van der Waals surface area contributed by atoms with Crippen molar-refractivity contribution in [1.29, 1.82) is 0 Å². The predicted molar refractivity (Wildman–Crippen MR) is 81.1 cm³/mol. The van der Waals surface area contributed by atoms with Crippen LogP contribution < -0.4 is 0 Å². The van der Waals surface area contributed by atoms with E-state index in [9.17, 15) is 4.79 Å². The number of alkyl halides is 1. The normalized spacial score (nSPS) is 21.8. The third-order valence-electron chi connectivity index (χ3n) is 3.44. The predicted octanol–water partition coefficient (Wildman–Crippen LogP) is 2.78. The summed E-state index contributed by atoms with van der Waals surface area (Å²) in [5.41, 5.74) is 1.90. The molecule has 0 spiro atoms. The molecule has 1 aromatic rings. The van der Waals surface area contributed by atoms with E-state index in [2.05, 4.69) is 6.07 Å². The zero-order chi connectivity index (χ0) is 14.8. The molecule has 1 aromatic carbocycles. The van der Waals surface area contributed by atoms with Gasteiger partial charge in [0.1, 0.15) is 0 Å². The van der Waals surface area contributed by atoms with Crippen molar-refractivity contribution in [2.24, 2.45) is 0 Å². The van der Waals surface area contributed by atoms with E-state index >= 15 is 0 Å². The molecule has 4 heteroatoms. The molecule has 0 saturated carbocycles. The van der Waals surface area contributed by atoms with Crippen molar-refractivity contribution in [2.45, 2.75) is 38.9 Å². The number of rotatable bonds is 3. The second kappa shape index (κ2) is 6.15. The molecule has 1 saturated heterocycles. The number of benzene rings is 1. The van der Waals surface area contributed by atoms with Gasteiger partial charge in [0.05, 0.1) is 24.0 Å². The summed E-state index contributed by atoms with van der Waals surface area (Å²) in [6.07, 6.45) is 0.356. The molecule has 20 heavy (non-hydrogen) atoms. The van der Waals surface area contributed by atoms with E-state index in [4.69, 9.17) is 16.3 Å². The Morgan fingerprint density at radius 1 is 1.50 bits per heavy atom. The Kier molecular flexibility index (Phi) is 4.71. The summed E-state index contributed by atoms with van der Waals surface area (Å²) in [6, 6.07) is 8.08. The Morgan fingerprint density at radius 3 is 2.90 bits per heavy atom. The van der Waals surface area contributed by atoms with Gasteiger partial charge in [-0.3, -0.25) is 4.79 Å². The summed E-state index contributed by atoms with van der Waals surface area (Å²) in [4.78, 5) is 14.3. The summed E-state index contributed by atoms with van der Waals surface area (Å²) < 4.78 is 5.85. The number of carbonyl (C=O) groups is 1. The van der Waals surface area contributed by atoms with E-state index in [-0.39, 0.29) is 17.6 Å². The first-order valence-electron chi connectivity index (χ1n) is 6.97. The van der Waals surface area contributed by atoms with Gasteiger partial charge >= 0.3 is 0 Å². The molecule has 110 valence electrons. The standard InChI is InChI=1S/C16H22ClNO2/c1-12-5-4-6-13(7-12)8-15(19)18-10-14(9-17)20-16(2,3)11-18/h4-7,14H,8-11H2,1-3H3. The van der Waals surface area contributed by atoms with Crippen molar-refractivity contribution in [3.05, 3.63) is 35.4 Å². The monoisotopic (exact) mass is 295 g/mol. The Bertz CT molecular complexity index is 487. The topological polar surface area (TPSA) is 29.5 Å². The van der Waals surface area contributed by atoms with Gasteiger partial charge in [-0.2, -0.15) is 0 Å². The number of morpholine rings is 1. The lowest BCUT2D eigenvalue weighted by Gasteiger charge is -2.42. The van der Waals surface area contributed by atoms with E-state index in [0.717, 1.165) is 5.56 Å². The number of nitrogens with zero attached hydrogens (tertiary/aromatic N) is 1.